The number of esters is 1. The van der Waals surface area contributed by atoms with Gasteiger partial charge in [0.15, 0.2) is 0 Å². The molecule has 0 fully saturated rings. The van der Waals surface area contributed by atoms with Gasteiger partial charge in [-0.25, -0.2) is 23.1 Å². The van der Waals surface area contributed by atoms with Crippen molar-refractivity contribution in [2.45, 2.75) is 76.3 Å². The zero-order valence-electron chi connectivity index (χ0n) is 32.5. The summed E-state index contributed by atoms with van der Waals surface area (Å²) < 4.78 is 40.2. The van der Waals surface area contributed by atoms with Crippen LogP contribution in [0, 0.1) is 11.8 Å². The first-order valence-corrected chi connectivity index (χ1v) is 20.3. The Bertz CT molecular complexity index is 1960. The van der Waals surface area contributed by atoms with E-state index in [0.717, 1.165) is 11.8 Å². The van der Waals surface area contributed by atoms with E-state index in [1.54, 1.807) is 35.1 Å². The second kappa shape index (κ2) is 25.4. The SMILES string of the molecule is CC(=O)OCc1ccc(NC(=O)[C@H](CCCCN)NC(=O)COCC(=O)NCCOCCn2cc(CNC(=O)CCCC#Cc3cnc(S(C)(=O)=O)nc3)nn2)cc1. The van der Waals surface area contributed by atoms with Gasteiger partial charge in [-0.05, 0) is 49.9 Å². The Hall–Kier alpha value is -5.82. The summed E-state index contributed by atoms with van der Waals surface area (Å²) >= 11 is 0. The maximum absolute atomic E-state index is 13.0. The minimum absolute atomic E-state index is 0.114. The van der Waals surface area contributed by atoms with Crippen LogP contribution in [0.25, 0.3) is 0 Å². The Balaban J connectivity index is 1.23. The highest BCUT2D eigenvalue weighted by Crippen LogP contribution is 2.12. The third kappa shape index (κ3) is 19.4. The van der Waals surface area contributed by atoms with Gasteiger partial charge in [0.05, 0.1) is 38.1 Å². The fourth-order valence-corrected chi connectivity index (χ4v) is 5.28. The van der Waals surface area contributed by atoms with E-state index in [1.807, 2.05) is 0 Å². The van der Waals surface area contributed by atoms with E-state index >= 15 is 0 Å². The Labute approximate surface area is 336 Å². The molecule has 4 amide bonds. The molecule has 21 heteroatoms. The number of nitrogens with two attached hydrogens (primary N) is 1. The van der Waals surface area contributed by atoms with E-state index in [0.29, 0.717) is 62.1 Å². The summed E-state index contributed by atoms with van der Waals surface area (Å²) in [5.41, 5.74) is 7.89. The van der Waals surface area contributed by atoms with Gasteiger partial charge in [-0.3, -0.25) is 24.0 Å². The smallest absolute Gasteiger partial charge is 0.302 e. The monoisotopic (exact) mass is 826 g/mol. The van der Waals surface area contributed by atoms with Crippen LogP contribution >= 0.6 is 0 Å². The number of hydrogen-bond acceptors (Lipinski definition) is 15. The molecule has 1 atom stereocenters. The number of aromatic nitrogens is 5. The Morgan fingerprint density at radius 3 is 2.38 bits per heavy atom. The number of anilines is 1. The first-order valence-electron chi connectivity index (χ1n) is 18.4. The van der Waals surface area contributed by atoms with Gasteiger partial charge >= 0.3 is 5.97 Å². The second-order valence-electron chi connectivity index (χ2n) is 12.8. The third-order valence-corrected chi connectivity index (χ3v) is 8.59. The van der Waals surface area contributed by atoms with Crippen molar-refractivity contribution in [1.82, 2.24) is 40.9 Å². The van der Waals surface area contributed by atoms with Crippen molar-refractivity contribution >= 4 is 45.1 Å². The molecule has 314 valence electrons. The van der Waals surface area contributed by atoms with Crippen molar-refractivity contribution < 1.29 is 46.6 Å². The highest BCUT2D eigenvalue weighted by Gasteiger charge is 2.21. The lowest BCUT2D eigenvalue weighted by molar-refractivity contribution is -0.142. The third-order valence-electron chi connectivity index (χ3n) is 7.71. The molecular weight excluding hydrogens is 777 g/mol. The summed E-state index contributed by atoms with van der Waals surface area (Å²) in [4.78, 5) is 68.5. The van der Waals surface area contributed by atoms with Gasteiger partial charge in [0.25, 0.3) is 0 Å². The molecule has 0 saturated carbocycles. The quantitative estimate of drug-likeness (QED) is 0.0320. The van der Waals surface area contributed by atoms with E-state index in [-0.39, 0.29) is 57.0 Å². The number of amides is 4. The largest absolute Gasteiger partial charge is 0.461 e. The molecule has 1 aromatic carbocycles. The van der Waals surface area contributed by atoms with E-state index in [1.165, 1.54) is 19.3 Å². The maximum Gasteiger partial charge on any atom is 0.302 e. The lowest BCUT2D eigenvalue weighted by Gasteiger charge is -2.18. The van der Waals surface area contributed by atoms with E-state index in [9.17, 15) is 32.4 Å². The van der Waals surface area contributed by atoms with Crippen LogP contribution in [0.1, 0.15) is 62.3 Å². The number of nitrogens with zero attached hydrogens (tertiary/aromatic N) is 5. The second-order valence-corrected chi connectivity index (χ2v) is 14.7. The fourth-order valence-electron chi connectivity index (χ4n) is 4.79. The Morgan fingerprint density at radius 2 is 1.67 bits per heavy atom. The first kappa shape index (κ1) is 46.6. The zero-order valence-corrected chi connectivity index (χ0v) is 33.3. The van der Waals surface area contributed by atoms with Crippen molar-refractivity contribution in [3.63, 3.8) is 0 Å². The summed E-state index contributed by atoms with van der Waals surface area (Å²) in [5.74, 6) is 3.75. The van der Waals surface area contributed by atoms with E-state index < -0.39 is 46.2 Å². The summed E-state index contributed by atoms with van der Waals surface area (Å²) in [7, 11) is -3.48. The maximum atomic E-state index is 13.0. The Morgan fingerprint density at radius 1 is 0.931 bits per heavy atom. The van der Waals surface area contributed by atoms with Gasteiger partial charge in [0.2, 0.25) is 38.6 Å². The number of sulfone groups is 1. The number of benzene rings is 1. The molecule has 20 nitrogen and oxygen atoms in total. The zero-order chi connectivity index (χ0) is 42.2. The van der Waals surface area contributed by atoms with Crippen LogP contribution in [0.15, 0.2) is 48.0 Å². The number of unbranched alkanes of at least 4 members (excludes halogenated alkanes) is 2. The van der Waals surface area contributed by atoms with Crippen LogP contribution in [0.4, 0.5) is 5.69 Å². The van der Waals surface area contributed by atoms with Crippen molar-refractivity contribution in [3.8, 4) is 11.8 Å². The highest BCUT2D eigenvalue weighted by atomic mass is 32.2. The molecule has 3 rings (SSSR count). The number of rotatable bonds is 25. The summed E-state index contributed by atoms with van der Waals surface area (Å²) in [6.07, 6.45) is 8.25. The van der Waals surface area contributed by atoms with Crippen LogP contribution in [0.2, 0.25) is 0 Å². The summed E-state index contributed by atoms with van der Waals surface area (Å²) in [6.45, 7) is 2.37. The molecule has 0 aliphatic heterocycles. The van der Waals surface area contributed by atoms with Crippen molar-refractivity contribution in [1.29, 1.82) is 0 Å². The predicted molar refractivity (Wildman–Crippen MR) is 208 cm³/mol. The molecule has 0 spiro atoms. The van der Waals surface area contributed by atoms with Crippen LogP contribution in [-0.2, 0) is 67.7 Å². The highest BCUT2D eigenvalue weighted by molar-refractivity contribution is 7.90. The van der Waals surface area contributed by atoms with Crippen LogP contribution in [0.3, 0.4) is 0 Å². The number of carbonyl (C=O) groups is 5. The lowest BCUT2D eigenvalue weighted by atomic mass is 10.1. The lowest BCUT2D eigenvalue weighted by Crippen LogP contribution is -2.45. The van der Waals surface area contributed by atoms with Crippen molar-refractivity contribution in [2.75, 3.05) is 51.1 Å². The fraction of sp³-hybridized carbons (Fsp3) is 0.486. The molecule has 3 aromatic rings. The average Bonchev–Trinajstić information content (AvgIpc) is 3.65. The number of nitrogens with one attached hydrogen (secondary N) is 4. The van der Waals surface area contributed by atoms with Gasteiger partial charge < -0.3 is 41.2 Å². The van der Waals surface area contributed by atoms with Crippen molar-refractivity contribution in [3.05, 3.63) is 59.7 Å². The number of ether oxygens (including phenoxy) is 3. The molecule has 0 radical (unpaired) electrons. The van der Waals surface area contributed by atoms with Gasteiger partial charge in [-0.2, -0.15) is 0 Å². The van der Waals surface area contributed by atoms with Crippen LogP contribution < -0.4 is 27.0 Å². The summed E-state index contributed by atoms with van der Waals surface area (Å²) in [5, 5.41) is 18.6. The molecule has 2 aromatic heterocycles. The van der Waals surface area contributed by atoms with Crippen molar-refractivity contribution in [2.24, 2.45) is 5.73 Å². The van der Waals surface area contributed by atoms with Crippen LogP contribution in [0.5, 0.6) is 0 Å². The minimum atomic E-state index is -3.48. The molecule has 0 bridgehead atoms. The van der Waals surface area contributed by atoms with Gasteiger partial charge in [0, 0.05) is 50.6 Å². The summed E-state index contributed by atoms with van der Waals surface area (Å²) in [6, 6.07) is 5.90. The van der Waals surface area contributed by atoms with E-state index in [4.69, 9.17) is 19.9 Å². The molecule has 0 aliphatic rings. The Kier molecular flexibility index (Phi) is 20.4. The predicted octanol–water partition coefficient (Wildman–Crippen LogP) is -0.225. The van der Waals surface area contributed by atoms with Gasteiger partial charge in [0.1, 0.15) is 31.6 Å². The molecule has 58 heavy (non-hydrogen) atoms. The molecule has 0 saturated heterocycles. The molecule has 0 aliphatic carbocycles. The number of carbonyl (C=O) groups excluding carboxylic acids is 5. The normalized spacial score (nSPS) is 11.4. The van der Waals surface area contributed by atoms with E-state index in [2.05, 4.69) is 53.4 Å². The minimum Gasteiger partial charge on any atom is -0.461 e. The standard InChI is InChI=1S/C37H50N10O10S/c1-27(48)57-24-28-11-13-30(14-12-28)43-36(52)32(9-6-7-15-38)44-35(51)26-56-25-34(50)39-16-18-55-19-17-47-23-31(45-46-47)22-40-33(49)10-5-3-4-8-29-20-41-37(42-21-29)58(2,53)54/h11-14,20-21,23,32H,3,5-7,9-10,15-19,22,24-26,38H2,1-2H3,(H,39,50)(H,40,49)(H,43,52)(H,44,51)/t32-/m0/s1. The first-order chi connectivity index (χ1) is 27.8. The molecule has 2 heterocycles. The van der Waals surface area contributed by atoms with Gasteiger partial charge in [-0.1, -0.05) is 29.2 Å². The van der Waals surface area contributed by atoms with Crippen LogP contribution in [-0.4, -0.2) is 115 Å². The molecular formula is C37H50N10O10S. The average molecular weight is 827 g/mol. The topological polar surface area (TPSA) is 278 Å². The molecule has 0 unspecified atom stereocenters. The van der Waals surface area contributed by atoms with Gasteiger partial charge in [-0.15, -0.1) is 5.10 Å². The number of hydrogen-bond donors (Lipinski definition) is 5. The molecule has 6 N–H and O–H groups in total.